The minimum atomic E-state index is -0.628. The number of nitrogens with zero attached hydrogens (tertiary/aromatic N) is 4. The van der Waals surface area contributed by atoms with Crippen LogP contribution in [0, 0.1) is 0 Å². The highest BCUT2D eigenvalue weighted by Gasteiger charge is 2.09. The monoisotopic (exact) mass is 312 g/mol. The van der Waals surface area contributed by atoms with Crippen LogP contribution in [0.2, 0.25) is 0 Å². The Bertz CT molecular complexity index is 1040. The summed E-state index contributed by atoms with van der Waals surface area (Å²) in [4.78, 5) is 40.6. The van der Waals surface area contributed by atoms with Gasteiger partial charge in [0.1, 0.15) is 5.65 Å². The van der Waals surface area contributed by atoms with Crippen molar-refractivity contribution < 1.29 is 0 Å². The first kappa shape index (κ1) is 15.0. The lowest BCUT2D eigenvalue weighted by molar-refractivity contribution is 0.551. The normalized spacial score (nSPS) is 11.3. The molecule has 0 radical (unpaired) electrons. The van der Waals surface area contributed by atoms with E-state index in [0.29, 0.717) is 11.3 Å². The summed E-state index contributed by atoms with van der Waals surface area (Å²) >= 11 is 0. The van der Waals surface area contributed by atoms with Gasteiger partial charge in [0.15, 0.2) is 0 Å². The zero-order chi connectivity index (χ0) is 16.6. The van der Waals surface area contributed by atoms with Gasteiger partial charge in [-0.15, -0.1) is 0 Å². The van der Waals surface area contributed by atoms with Gasteiger partial charge in [0.05, 0.1) is 12.2 Å². The van der Waals surface area contributed by atoms with Gasteiger partial charge >= 0.3 is 11.1 Å². The maximum atomic E-state index is 12.2. The van der Waals surface area contributed by atoms with Crippen LogP contribution < -0.4 is 16.7 Å². The zero-order valence-corrected chi connectivity index (χ0v) is 12.8. The second-order valence-corrected chi connectivity index (χ2v) is 5.55. The predicted molar refractivity (Wildman–Crippen MR) is 85.9 cm³/mol. The lowest BCUT2D eigenvalue weighted by Gasteiger charge is -2.11. The van der Waals surface area contributed by atoms with Crippen LogP contribution in [0.25, 0.3) is 5.65 Å². The molecule has 23 heavy (non-hydrogen) atoms. The summed E-state index contributed by atoms with van der Waals surface area (Å²) in [7, 11) is 0. The highest BCUT2D eigenvalue weighted by atomic mass is 16.2. The molecule has 0 aromatic carbocycles. The highest BCUT2D eigenvalue weighted by Crippen LogP contribution is 2.01. The Kier molecular flexibility index (Phi) is 3.69. The van der Waals surface area contributed by atoms with Crippen LogP contribution in [0.4, 0.5) is 0 Å². The van der Waals surface area contributed by atoms with Gasteiger partial charge in [0.25, 0.3) is 5.56 Å². The lowest BCUT2D eigenvalue weighted by Crippen LogP contribution is -2.41. The SMILES string of the molecule is CC(C)n1ccn(Cc2cc(=O)n3ccccc3n2)c(=O)c1=O. The Morgan fingerprint density at radius 2 is 1.83 bits per heavy atom. The van der Waals surface area contributed by atoms with Gasteiger partial charge in [-0.25, -0.2) is 4.98 Å². The first-order chi connectivity index (χ1) is 11.0. The molecule has 3 aromatic rings. The molecule has 0 aliphatic rings. The van der Waals surface area contributed by atoms with Crippen molar-refractivity contribution in [1.29, 1.82) is 0 Å². The molecular formula is C16H16N4O3. The fourth-order valence-corrected chi connectivity index (χ4v) is 2.41. The van der Waals surface area contributed by atoms with E-state index in [1.54, 1.807) is 30.6 Å². The molecule has 7 heteroatoms. The van der Waals surface area contributed by atoms with Crippen molar-refractivity contribution in [2.24, 2.45) is 0 Å². The molecule has 0 atom stereocenters. The van der Waals surface area contributed by atoms with E-state index in [1.807, 2.05) is 13.8 Å². The third kappa shape index (κ3) is 2.73. The van der Waals surface area contributed by atoms with Crippen molar-refractivity contribution in [2.45, 2.75) is 26.4 Å². The number of hydrogen-bond acceptors (Lipinski definition) is 4. The third-order valence-corrected chi connectivity index (χ3v) is 3.60. The Labute approximate surface area is 131 Å². The third-order valence-electron chi connectivity index (χ3n) is 3.60. The molecule has 0 N–H and O–H groups in total. The number of fused-ring (bicyclic) bond motifs is 1. The van der Waals surface area contributed by atoms with Crippen LogP contribution in [-0.4, -0.2) is 18.5 Å². The molecule has 0 spiro atoms. The van der Waals surface area contributed by atoms with Crippen LogP contribution >= 0.6 is 0 Å². The van der Waals surface area contributed by atoms with E-state index in [1.165, 1.54) is 25.8 Å². The first-order valence-corrected chi connectivity index (χ1v) is 7.26. The van der Waals surface area contributed by atoms with E-state index in [0.717, 1.165) is 0 Å². The fraction of sp³-hybridized carbons (Fsp3) is 0.250. The molecule has 3 heterocycles. The quantitative estimate of drug-likeness (QED) is 0.665. The van der Waals surface area contributed by atoms with E-state index >= 15 is 0 Å². The van der Waals surface area contributed by atoms with Crippen molar-refractivity contribution >= 4 is 5.65 Å². The first-order valence-electron chi connectivity index (χ1n) is 7.26. The molecule has 0 fully saturated rings. The Hall–Kier alpha value is -2.96. The summed E-state index contributed by atoms with van der Waals surface area (Å²) in [6.07, 6.45) is 4.74. The summed E-state index contributed by atoms with van der Waals surface area (Å²) < 4.78 is 4.06. The van der Waals surface area contributed by atoms with Crippen molar-refractivity contribution in [3.05, 3.63) is 79.6 Å². The van der Waals surface area contributed by atoms with Gasteiger partial charge in [-0.2, -0.15) is 0 Å². The largest absolute Gasteiger partial charge is 0.316 e. The predicted octanol–water partition coefficient (Wildman–Crippen LogP) is 0.647. The molecule has 7 nitrogen and oxygen atoms in total. The standard InChI is InChI=1S/C16H16N4O3/c1-11(2)19-8-7-18(15(22)16(19)23)10-12-9-14(21)20-6-4-3-5-13(20)17-12/h3-9,11H,10H2,1-2H3. The van der Waals surface area contributed by atoms with Crippen LogP contribution in [0.5, 0.6) is 0 Å². The van der Waals surface area contributed by atoms with E-state index in [9.17, 15) is 14.4 Å². The molecule has 3 rings (SSSR count). The van der Waals surface area contributed by atoms with Gasteiger partial charge in [0.2, 0.25) is 0 Å². The van der Waals surface area contributed by atoms with Crippen LogP contribution in [0.1, 0.15) is 25.6 Å². The van der Waals surface area contributed by atoms with Crippen molar-refractivity contribution in [3.63, 3.8) is 0 Å². The molecule has 118 valence electrons. The van der Waals surface area contributed by atoms with Gasteiger partial charge in [-0.3, -0.25) is 18.8 Å². The fourth-order valence-electron chi connectivity index (χ4n) is 2.41. The minimum Gasteiger partial charge on any atom is -0.307 e. The van der Waals surface area contributed by atoms with Crippen LogP contribution in [0.15, 0.2) is 57.2 Å². The Morgan fingerprint density at radius 3 is 2.57 bits per heavy atom. The summed E-state index contributed by atoms with van der Waals surface area (Å²) in [6, 6.07) is 6.51. The number of hydrogen-bond donors (Lipinski definition) is 0. The summed E-state index contributed by atoms with van der Waals surface area (Å²) in [5.41, 5.74) is -0.506. The summed E-state index contributed by atoms with van der Waals surface area (Å²) in [5.74, 6) is 0. The number of pyridine rings is 1. The summed E-state index contributed by atoms with van der Waals surface area (Å²) in [5, 5.41) is 0. The van der Waals surface area contributed by atoms with Crippen molar-refractivity contribution in [2.75, 3.05) is 0 Å². The Morgan fingerprint density at radius 1 is 1.04 bits per heavy atom. The minimum absolute atomic E-state index is 0.0770. The molecule has 3 aromatic heterocycles. The zero-order valence-electron chi connectivity index (χ0n) is 12.8. The smallest absolute Gasteiger partial charge is 0.307 e. The maximum Gasteiger partial charge on any atom is 0.316 e. The van der Waals surface area contributed by atoms with Gasteiger partial charge in [0, 0.05) is 30.7 Å². The molecule has 0 bridgehead atoms. The average molecular weight is 312 g/mol. The molecule has 0 amide bonds. The number of aromatic nitrogens is 4. The van der Waals surface area contributed by atoms with Crippen LogP contribution in [-0.2, 0) is 6.54 Å². The molecule has 0 unspecified atom stereocenters. The molecule has 0 saturated carbocycles. The van der Waals surface area contributed by atoms with E-state index in [-0.39, 0.29) is 18.1 Å². The molecule has 0 aliphatic carbocycles. The Balaban J connectivity index is 2.06. The van der Waals surface area contributed by atoms with Gasteiger partial charge < -0.3 is 9.13 Å². The molecule has 0 aliphatic heterocycles. The maximum absolute atomic E-state index is 12.2. The van der Waals surface area contributed by atoms with E-state index in [2.05, 4.69) is 4.98 Å². The average Bonchev–Trinajstić information content (AvgIpc) is 2.52. The van der Waals surface area contributed by atoms with E-state index in [4.69, 9.17) is 0 Å². The lowest BCUT2D eigenvalue weighted by atomic mass is 10.3. The summed E-state index contributed by atoms with van der Waals surface area (Å²) in [6.45, 7) is 3.74. The van der Waals surface area contributed by atoms with Crippen LogP contribution in [0.3, 0.4) is 0 Å². The molecular weight excluding hydrogens is 296 g/mol. The van der Waals surface area contributed by atoms with Gasteiger partial charge in [-0.05, 0) is 26.0 Å². The van der Waals surface area contributed by atoms with Crippen molar-refractivity contribution in [1.82, 2.24) is 18.5 Å². The highest BCUT2D eigenvalue weighted by molar-refractivity contribution is 5.38. The van der Waals surface area contributed by atoms with E-state index < -0.39 is 11.1 Å². The molecule has 0 saturated heterocycles. The number of rotatable bonds is 3. The second kappa shape index (κ2) is 5.68. The topological polar surface area (TPSA) is 78.4 Å². The van der Waals surface area contributed by atoms with Gasteiger partial charge in [-0.1, -0.05) is 6.07 Å². The second-order valence-electron chi connectivity index (χ2n) is 5.55. The van der Waals surface area contributed by atoms with Crippen molar-refractivity contribution in [3.8, 4) is 0 Å².